The van der Waals surface area contributed by atoms with E-state index in [0.29, 0.717) is 43.8 Å². The number of rotatable bonds is 12. The molecule has 4 rings (SSSR count). The zero-order chi connectivity index (χ0) is 27.5. The number of hydrogen-bond donors (Lipinski definition) is 0. The number of nitrogens with zero attached hydrogens (tertiary/aromatic N) is 4. The molecule has 0 aliphatic carbocycles. The first kappa shape index (κ1) is 28.8. The highest BCUT2D eigenvalue weighted by Gasteiger charge is 2.25. The van der Waals surface area contributed by atoms with Gasteiger partial charge in [0.05, 0.1) is 19.0 Å². The lowest BCUT2D eigenvalue weighted by molar-refractivity contribution is 0.0142. The first-order valence-corrected chi connectivity index (χ1v) is 14.5. The van der Waals surface area contributed by atoms with E-state index in [0.717, 1.165) is 48.9 Å². The van der Waals surface area contributed by atoms with Crippen molar-refractivity contribution in [3.63, 3.8) is 0 Å². The molecule has 3 aromatic rings. The van der Waals surface area contributed by atoms with Crippen molar-refractivity contribution in [3.8, 4) is 23.0 Å². The third-order valence-corrected chi connectivity index (χ3v) is 6.85. The van der Waals surface area contributed by atoms with E-state index >= 15 is 0 Å². The van der Waals surface area contributed by atoms with E-state index in [9.17, 15) is 4.79 Å². The number of carbonyl (C=O) groups excluding carboxylic acids is 1. The van der Waals surface area contributed by atoms with Crippen molar-refractivity contribution in [1.82, 2.24) is 20.0 Å². The fourth-order valence-corrected chi connectivity index (χ4v) is 4.61. The number of carbonyl (C=O) groups is 1. The minimum atomic E-state index is -0.462. The molecular formula is C29H38N4O5S. The molecular weight excluding hydrogens is 516 g/mol. The molecule has 0 atom stereocenters. The van der Waals surface area contributed by atoms with Crippen LogP contribution in [0.15, 0.2) is 59.0 Å². The van der Waals surface area contributed by atoms with Crippen LogP contribution in [0.25, 0.3) is 11.5 Å². The molecule has 1 fully saturated rings. The van der Waals surface area contributed by atoms with Gasteiger partial charge >= 0.3 is 6.09 Å². The molecule has 0 radical (unpaired) electrons. The first-order valence-electron chi connectivity index (χ1n) is 13.4. The number of ether oxygens (including phenoxy) is 3. The number of benzene rings is 2. The minimum Gasteiger partial charge on any atom is -0.494 e. The van der Waals surface area contributed by atoms with Crippen molar-refractivity contribution >= 4 is 17.9 Å². The van der Waals surface area contributed by atoms with Gasteiger partial charge in [0.1, 0.15) is 17.1 Å². The van der Waals surface area contributed by atoms with Gasteiger partial charge < -0.3 is 23.5 Å². The predicted molar refractivity (Wildman–Crippen MR) is 152 cm³/mol. The third kappa shape index (κ3) is 9.78. The fourth-order valence-electron chi connectivity index (χ4n) is 3.98. The van der Waals surface area contributed by atoms with Gasteiger partial charge in [0, 0.05) is 44.0 Å². The molecule has 0 bridgehead atoms. The number of aromatic nitrogens is 2. The van der Waals surface area contributed by atoms with Crippen LogP contribution in [0.4, 0.5) is 4.79 Å². The Morgan fingerprint density at radius 1 is 0.923 bits per heavy atom. The first-order chi connectivity index (χ1) is 18.9. The minimum absolute atomic E-state index is 0.228. The van der Waals surface area contributed by atoms with Crippen LogP contribution in [-0.4, -0.2) is 83.4 Å². The molecule has 210 valence electrons. The third-order valence-electron chi connectivity index (χ3n) is 5.94. The van der Waals surface area contributed by atoms with Gasteiger partial charge in [-0.25, -0.2) is 4.79 Å². The Hall–Kier alpha value is -3.24. The van der Waals surface area contributed by atoms with E-state index < -0.39 is 5.60 Å². The second kappa shape index (κ2) is 14.2. The topological polar surface area (TPSA) is 90.2 Å². The molecule has 0 unspecified atom stereocenters. The molecule has 0 saturated carbocycles. The summed E-state index contributed by atoms with van der Waals surface area (Å²) in [5, 5.41) is 8.35. The predicted octanol–water partition coefficient (Wildman–Crippen LogP) is 5.37. The molecule has 0 N–H and O–H groups in total. The Bertz CT molecular complexity index is 1140. The smallest absolute Gasteiger partial charge is 0.410 e. The highest BCUT2D eigenvalue weighted by molar-refractivity contribution is 7.98. The van der Waals surface area contributed by atoms with E-state index in [2.05, 4.69) is 15.1 Å². The molecule has 1 saturated heterocycles. The van der Waals surface area contributed by atoms with Crippen LogP contribution in [0, 0.1) is 0 Å². The molecule has 1 aliphatic rings. The molecule has 1 aliphatic heterocycles. The molecule has 1 amide bonds. The van der Waals surface area contributed by atoms with Crippen LogP contribution in [-0.2, 0) is 10.5 Å². The molecule has 2 aromatic carbocycles. The maximum absolute atomic E-state index is 12.2. The van der Waals surface area contributed by atoms with Gasteiger partial charge in [0.25, 0.3) is 0 Å². The van der Waals surface area contributed by atoms with Gasteiger partial charge in [0.15, 0.2) is 0 Å². The van der Waals surface area contributed by atoms with Crippen molar-refractivity contribution in [3.05, 3.63) is 60.5 Å². The number of amides is 1. The summed E-state index contributed by atoms with van der Waals surface area (Å²) < 4.78 is 22.9. The summed E-state index contributed by atoms with van der Waals surface area (Å²) in [5.41, 5.74) is 0.400. The van der Waals surface area contributed by atoms with E-state index in [4.69, 9.17) is 18.6 Å². The monoisotopic (exact) mass is 554 g/mol. The summed E-state index contributed by atoms with van der Waals surface area (Å²) in [7, 11) is 0. The largest absolute Gasteiger partial charge is 0.494 e. The Balaban J connectivity index is 1.10. The molecule has 2 heterocycles. The average molecular weight is 555 g/mol. The van der Waals surface area contributed by atoms with Crippen molar-refractivity contribution in [1.29, 1.82) is 0 Å². The summed E-state index contributed by atoms with van der Waals surface area (Å²) in [4.78, 5) is 16.3. The second-order valence-corrected chi connectivity index (χ2v) is 11.4. The standard InChI is InChI=1S/C29H38N4O5S/c1-29(2,3)38-28(34)33-17-15-32(16-18-33)14-7-19-35-25-12-10-23(11-13-25)27-31-30-26(37-27)22-39-21-20-36-24-8-5-4-6-9-24/h4-6,8-13H,7,14-22H2,1-3H3. The van der Waals surface area contributed by atoms with Crippen molar-refractivity contribution < 1.29 is 23.4 Å². The SMILES string of the molecule is CC(C)(C)OC(=O)N1CCN(CCCOc2ccc(-c3nnc(CSCCOc4ccccc4)o3)cc2)CC1. The maximum Gasteiger partial charge on any atom is 0.410 e. The lowest BCUT2D eigenvalue weighted by Crippen LogP contribution is -2.50. The molecule has 0 spiro atoms. The summed E-state index contributed by atoms with van der Waals surface area (Å²) in [5.74, 6) is 4.26. The van der Waals surface area contributed by atoms with Crippen LogP contribution in [0.1, 0.15) is 33.1 Å². The summed E-state index contributed by atoms with van der Waals surface area (Å²) in [6, 6.07) is 17.5. The molecule has 1 aromatic heterocycles. The Morgan fingerprint density at radius 3 is 2.33 bits per heavy atom. The molecule has 9 nitrogen and oxygen atoms in total. The Kier molecular flexibility index (Phi) is 10.5. The molecule has 10 heteroatoms. The lowest BCUT2D eigenvalue weighted by atomic mass is 10.2. The van der Waals surface area contributed by atoms with Gasteiger partial charge in [-0.15, -0.1) is 22.0 Å². The number of hydrogen-bond acceptors (Lipinski definition) is 9. The van der Waals surface area contributed by atoms with Crippen LogP contribution < -0.4 is 9.47 Å². The summed E-state index contributed by atoms with van der Waals surface area (Å²) in [6.07, 6.45) is 0.684. The van der Waals surface area contributed by atoms with E-state index in [1.165, 1.54) is 0 Å². The zero-order valence-electron chi connectivity index (χ0n) is 23.0. The number of thioether (sulfide) groups is 1. The quantitative estimate of drug-likeness (QED) is 0.274. The normalized spacial score (nSPS) is 14.3. The van der Waals surface area contributed by atoms with Gasteiger partial charge in [-0.1, -0.05) is 18.2 Å². The van der Waals surface area contributed by atoms with Crippen LogP contribution in [0.3, 0.4) is 0 Å². The highest BCUT2D eigenvalue weighted by Crippen LogP contribution is 2.23. The van der Waals surface area contributed by atoms with E-state index in [1.54, 1.807) is 16.7 Å². The van der Waals surface area contributed by atoms with Gasteiger partial charge in [0.2, 0.25) is 11.8 Å². The van der Waals surface area contributed by atoms with E-state index in [-0.39, 0.29) is 6.09 Å². The van der Waals surface area contributed by atoms with Crippen LogP contribution in [0.2, 0.25) is 0 Å². The number of piperazine rings is 1. The highest BCUT2D eigenvalue weighted by atomic mass is 32.2. The van der Waals surface area contributed by atoms with Crippen LogP contribution in [0.5, 0.6) is 11.5 Å². The van der Waals surface area contributed by atoms with Crippen molar-refractivity contribution in [2.75, 3.05) is 51.7 Å². The average Bonchev–Trinajstić information content (AvgIpc) is 3.40. The Labute approximate surface area is 234 Å². The summed E-state index contributed by atoms with van der Waals surface area (Å²) in [6.45, 7) is 10.9. The van der Waals surface area contributed by atoms with Crippen LogP contribution >= 0.6 is 11.8 Å². The lowest BCUT2D eigenvalue weighted by Gasteiger charge is -2.35. The van der Waals surface area contributed by atoms with Gasteiger partial charge in [-0.3, -0.25) is 4.90 Å². The van der Waals surface area contributed by atoms with E-state index in [1.807, 2.05) is 75.4 Å². The molecule has 39 heavy (non-hydrogen) atoms. The number of para-hydroxylation sites is 1. The fraction of sp³-hybridized carbons (Fsp3) is 0.483. The summed E-state index contributed by atoms with van der Waals surface area (Å²) >= 11 is 1.69. The van der Waals surface area contributed by atoms with Crippen molar-refractivity contribution in [2.45, 2.75) is 38.5 Å². The zero-order valence-corrected chi connectivity index (χ0v) is 23.8. The van der Waals surface area contributed by atoms with Gasteiger partial charge in [-0.2, -0.15) is 0 Å². The maximum atomic E-state index is 12.2. The second-order valence-electron chi connectivity index (χ2n) is 10.3. The van der Waals surface area contributed by atoms with Gasteiger partial charge in [-0.05, 0) is 63.6 Å². The Morgan fingerprint density at radius 2 is 1.62 bits per heavy atom. The van der Waals surface area contributed by atoms with Crippen molar-refractivity contribution in [2.24, 2.45) is 0 Å².